The molecule has 1 fully saturated rings. The van der Waals surface area contributed by atoms with Crippen molar-refractivity contribution in [3.05, 3.63) is 18.2 Å². The molecule has 5 heteroatoms. The maximum atomic E-state index is 5.79. The summed E-state index contributed by atoms with van der Waals surface area (Å²) in [4.78, 5) is 4.60. The lowest BCUT2D eigenvalue weighted by Crippen LogP contribution is -2.40. The van der Waals surface area contributed by atoms with Crippen molar-refractivity contribution >= 4 is 32.4 Å². The second kappa shape index (κ2) is 4.40. The van der Waals surface area contributed by atoms with Crippen LogP contribution in [0.5, 0.6) is 0 Å². The van der Waals surface area contributed by atoms with Crippen molar-refractivity contribution < 1.29 is 4.74 Å². The van der Waals surface area contributed by atoms with Gasteiger partial charge < -0.3 is 15.8 Å². The van der Waals surface area contributed by atoms with Crippen LogP contribution in [0.25, 0.3) is 10.2 Å². The quantitative estimate of drug-likeness (QED) is 0.818. The normalized spacial score (nSPS) is 18.9. The third kappa shape index (κ3) is 2.28. The van der Waals surface area contributed by atoms with Crippen molar-refractivity contribution in [2.75, 3.05) is 24.3 Å². The maximum Gasteiger partial charge on any atom is 0.184 e. The molecular formula is C13H17N3OS. The van der Waals surface area contributed by atoms with Gasteiger partial charge in [0.05, 0.1) is 10.2 Å². The van der Waals surface area contributed by atoms with Crippen LogP contribution in [-0.2, 0) is 4.74 Å². The third-order valence-corrected chi connectivity index (χ3v) is 4.35. The summed E-state index contributed by atoms with van der Waals surface area (Å²) in [5.74, 6) is 0. The molecule has 4 nitrogen and oxygen atoms in total. The highest BCUT2D eigenvalue weighted by Gasteiger charge is 2.27. The van der Waals surface area contributed by atoms with Gasteiger partial charge in [-0.25, -0.2) is 4.98 Å². The number of benzene rings is 1. The van der Waals surface area contributed by atoms with Gasteiger partial charge in [-0.3, -0.25) is 0 Å². The lowest BCUT2D eigenvalue weighted by atomic mass is 9.93. The number of ether oxygens (including phenoxy) is 1. The van der Waals surface area contributed by atoms with E-state index >= 15 is 0 Å². The van der Waals surface area contributed by atoms with Crippen LogP contribution in [0, 0.1) is 0 Å². The number of fused-ring (bicyclic) bond motifs is 1. The molecule has 0 unspecified atom stereocenters. The fourth-order valence-electron chi connectivity index (χ4n) is 2.20. The van der Waals surface area contributed by atoms with Gasteiger partial charge in [0.15, 0.2) is 5.13 Å². The summed E-state index contributed by atoms with van der Waals surface area (Å²) >= 11 is 1.66. The summed E-state index contributed by atoms with van der Waals surface area (Å²) in [6.07, 6.45) is 2.04. The number of aromatic nitrogens is 1. The van der Waals surface area contributed by atoms with Crippen molar-refractivity contribution in [3.8, 4) is 0 Å². The molecule has 18 heavy (non-hydrogen) atoms. The van der Waals surface area contributed by atoms with Gasteiger partial charge in [0, 0.05) is 24.4 Å². The number of anilines is 2. The van der Waals surface area contributed by atoms with Crippen LogP contribution >= 0.6 is 11.3 Å². The number of nitrogens with zero attached hydrogens (tertiary/aromatic N) is 1. The van der Waals surface area contributed by atoms with Gasteiger partial charge in [0.25, 0.3) is 0 Å². The van der Waals surface area contributed by atoms with E-state index in [0.29, 0.717) is 0 Å². The summed E-state index contributed by atoms with van der Waals surface area (Å²) in [5, 5.41) is 4.52. The van der Waals surface area contributed by atoms with Crippen molar-refractivity contribution in [2.45, 2.75) is 25.3 Å². The number of thiazole rings is 1. The largest absolute Gasteiger partial charge is 0.399 e. The monoisotopic (exact) mass is 263 g/mol. The first-order chi connectivity index (χ1) is 8.65. The topological polar surface area (TPSA) is 60.2 Å². The Balaban J connectivity index is 1.86. The van der Waals surface area contributed by atoms with Crippen LogP contribution < -0.4 is 11.1 Å². The van der Waals surface area contributed by atoms with Gasteiger partial charge in [-0.2, -0.15) is 0 Å². The molecule has 0 atom stereocenters. The first-order valence-electron chi connectivity index (χ1n) is 6.17. The van der Waals surface area contributed by atoms with Crippen molar-refractivity contribution in [3.63, 3.8) is 0 Å². The SMILES string of the molecule is CC1(Nc2nc3ccc(N)cc3s2)CCOCC1. The molecule has 0 amide bonds. The van der Waals surface area contributed by atoms with E-state index in [4.69, 9.17) is 10.5 Å². The zero-order valence-electron chi connectivity index (χ0n) is 10.4. The molecular weight excluding hydrogens is 246 g/mol. The zero-order chi connectivity index (χ0) is 12.6. The maximum absolute atomic E-state index is 5.79. The summed E-state index contributed by atoms with van der Waals surface area (Å²) in [5.41, 5.74) is 7.67. The summed E-state index contributed by atoms with van der Waals surface area (Å²) < 4.78 is 6.54. The number of nitrogens with two attached hydrogens (primary N) is 1. The Morgan fingerprint density at radius 2 is 2.17 bits per heavy atom. The van der Waals surface area contributed by atoms with Crippen molar-refractivity contribution in [2.24, 2.45) is 0 Å². The van der Waals surface area contributed by atoms with E-state index < -0.39 is 0 Å². The number of hydrogen-bond acceptors (Lipinski definition) is 5. The van der Waals surface area contributed by atoms with Crippen LogP contribution in [-0.4, -0.2) is 23.7 Å². The van der Waals surface area contributed by atoms with E-state index in [1.54, 1.807) is 11.3 Å². The first kappa shape index (κ1) is 11.7. The minimum absolute atomic E-state index is 0.0949. The molecule has 2 heterocycles. The molecule has 1 aromatic carbocycles. The average Bonchev–Trinajstić information content (AvgIpc) is 2.70. The lowest BCUT2D eigenvalue weighted by Gasteiger charge is -2.34. The Hall–Kier alpha value is -1.33. The highest BCUT2D eigenvalue weighted by atomic mass is 32.1. The van der Waals surface area contributed by atoms with Gasteiger partial charge >= 0.3 is 0 Å². The predicted molar refractivity (Wildman–Crippen MR) is 76.1 cm³/mol. The molecule has 0 spiro atoms. The highest BCUT2D eigenvalue weighted by molar-refractivity contribution is 7.22. The fourth-order valence-corrected chi connectivity index (χ4v) is 3.26. The predicted octanol–water partition coefficient (Wildman–Crippen LogP) is 2.86. The van der Waals surface area contributed by atoms with Crippen LogP contribution in [0.1, 0.15) is 19.8 Å². The molecule has 1 aliphatic heterocycles. The molecule has 0 aliphatic carbocycles. The molecule has 0 bridgehead atoms. The second-order valence-corrected chi connectivity index (χ2v) is 6.07. The molecule has 0 radical (unpaired) electrons. The number of nitrogens with one attached hydrogen (secondary N) is 1. The van der Waals surface area contributed by atoms with E-state index in [1.807, 2.05) is 18.2 Å². The molecule has 1 saturated heterocycles. The van der Waals surface area contributed by atoms with Gasteiger partial charge in [-0.15, -0.1) is 0 Å². The Kier molecular flexibility index (Phi) is 2.87. The summed E-state index contributed by atoms with van der Waals surface area (Å²) in [6.45, 7) is 3.87. The average molecular weight is 263 g/mol. The number of nitrogen functional groups attached to an aromatic ring is 1. The van der Waals surface area contributed by atoms with Gasteiger partial charge in [0.1, 0.15) is 0 Å². The second-order valence-electron chi connectivity index (χ2n) is 5.04. The first-order valence-corrected chi connectivity index (χ1v) is 6.98. The minimum atomic E-state index is 0.0949. The molecule has 1 aromatic heterocycles. The molecule has 2 aromatic rings. The Bertz CT molecular complexity index is 560. The molecule has 96 valence electrons. The van der Waals surface area contributed by atoms with Crippen LogP contribution in [0.3, 0.4) is 0 Å². The van der Waals surface area contributed by atoms with Crippen LogP contribution in [0.2, 0.25) is 0 Å². The van der Waals surface area contributed by atoms with Gasteiger partial charge in [0.2, 0.25) is 0 Å². The van der Waals surface area contributed by atoms with E-state index in [1.165, 1.54) is 0 Å². The van der Waals surface area contributed by atoms with Gasteiger partial charge in [-0.05, 0) is 38.0 Å². The standard InChI is InChI=1S/C13H17N3OS/c1-13(4-6-17-7-5-13)16-12-15-10-3-2-9(14)8-11(10)18-12/h2-3,8H,4-7,14H2,1H3,(H,15,16). The Morgan fingerprint density at radius 1 is 1.39 bits per heavy atom. The molecule has 3 N–H and O–H groups in total. The minimum Gasteiger partial charge on any atom is -0.399 e. The summed E-state index contributed by atoms with van der Waals surface area (Å²) in [7, 11) is 0. The number of hydrogen-bond donors (Lipinski definition) is 2. The molecule has 0 saturated carbocycles. The number of rotatable bonds is 2. The van der Waals surface area contributed by atoms with E-state index in [9.17, 15) is 0 Å². The fraction of sp³-hybridized carbons (Fsp3) is 0.462. The van der Waals surface area contributed by atoms with Crippen LogP contribution in [0.4, 0.5) is 10.8 Å². The third-order valence-electron chi connectivity index (χ3n) is 3.42. The molecule has 3 rings (SSSR count). The van der Waals surface area contributed by atoms with Crippen LogP contribution in [0.15, 0.2) is 18.2 Å². The van der Waals surface area contributed by atoms with Crippen molar-refractivity contribution in [1.82, 2.24) is 4.98 Å². The van der Waals surface area contributed by atoms with Gasteiger partial charge in [-0.1, -0.05) is 11.3 Å². The smallest absolute Gasteiger partial charge is 0.184 e. The van der Waals surface area contributed by atoms with E-state index in [0.717, 1.165) is 47.1 Å². The molecule has 1 aliphatic rings. The summed E-state index contributed by atoms with van der Waals surface area (Å²) in [6, 6.07) is 5.84. The van der Waals surface area contributed by atoms with E-state index in [2.05, 4.69) is 17.2 Å². The Morgan fingerprint density at radius 3 is 2.94 bits per heavy atom. The lowest BCUT2D eigenvalue weighted by molar-refractivity contribution is 0.0658. The van der Waals surface area contributed by atoms with Crippen molar-refractivity contribution in [1.29, 1.82) is 0 Å². The zero-order valence-corrected chi connectivity index (χ0v) is 11.2. The Labute approximate surface area is 110 Å². The van der Waals surface area contributed by atoms with E-state index in [-0.39, 0.29) is 5.54 Å². The highest BCUT2D eigenvalue weighted by Crippen LogP contribution is 2.32.